The van der Waals surface area contributed by atoms with Crippen LogP contribution in [0.2, 0.25) is 0 Å². The molecule has 0 saturated heterocycles. The molecule has 17 heavy (non-hydrogen) atoms. The van der Waals surface area contributed by atoms with Crippen LogP contribution in [0.15, 0.2) is 52.7 Å². The topological polar surface area (TPSA) is 12.4 Å². The molecule has 0 spiro atoms. The Morgan fingerprint density at radius 3 is 3.00 bits per heavy atom. The quantitative estimate of drug-likeness (QED) is 0.625. The molecule has 1 heteroatoms. The van der Waals surface area contributed by atoms with Crippen LogP contribution in [0, 0.1) is 5.92 Å². The average molecular weight is 227 g/mol. The molecule has 0 fully saturated rings. The van der Waals surface area contributed by atoms with Crippen LogP contribution in [-0.4, -0.2) is 6.21 Å². The van der Waals surface area contributed by atoms with E-state index in [1.807, 2.05) is 6.21 Å². The van der Waals surface area contributed by atoms with E-state index in [0.717, 1.165) is 30.9 Å². The van der Waals surface area contributed by atoms with E-state index in [1.165, 1.54) is 24.0 Å². The van der Waals surface area contributed by atoms with Gasteiger partial charge in [-0.3, -0.25) is 4.99 Å². The van der Waals surface area contributed by atoms with Crippen molar-refractivity contribution in [3.8, 4) is 0 Å². The Bertz CT molecular complexity index is 407. The number of nitrogens with zero attached hydrogens (tertiary/aromatic N) is 1. The van der Waals surface area contributed by atoms with Gasteiger partial charge in [-0.05, 0) is 49.2 Å². The van der Waals surface area contributed by atoms with Gasteiger partial charge >= 0.3 is 0 Å². The molecule has 90 valence electrons. The van der Waals surface area contributed by atoms with E-state index in [-0.39, 0.29) is 0 Å². The van der Waals surface area contributed by atoms with Gasteiger partial charge in [0.1, 0.15) is 0 Å². The molecule has 0 saturated carbocycles. The maximum atomic E-state index is 4.51. The van der Waals surface area contributed by atoms with Gasteiger partial charge < -0.3 is 0 Å². The predicted molar refractivity (Wildman–Crippen MR) is 75.2 cm³/mol. The molecule has 0 amide bonds. The van der Waals surface area contributed by atoms with Gasteiger partial charge in [0.15, 0.2) is 0 Å². The minimum absolute atomic E-state index is 0.821. The zero-order valence-electron chi connectivity index (χ0n) is 10.7. The molecule has 0 aromatic carbocycles. The highest BCUT2D eigenvalue weighted by Gasteiger charge is 2.11. The maximum absolute atomic E-state index is 4.51. The fourth-order valence-electron chi connectivity index (χ4n) is 2.20. The van der Waals surface area contributed by atoms with Gasteiger partial charge in [-0.2, -0.15) is 0 Å². The fraction of sp³-hybridized carbons (Fsp3) is 0.438. The summed E-state index contributed by atoms with van der Waals surface area (Å²) in [6.07, 6.45) is 16.5. The van der Waals surface area contributed by atoms with Gasteiger partial charge in [-0.25, -0.2) is 0 Å². The summed E-state index contributed by atoms with van der Waals surface area (Å²) in [7, 11) is 0. The van der Waals surface area contributed by atoms with Crippen LogP contribution < -0.4 is 0 Å². The SMILES string of the molecule is C=C(N=CC1=CC=CCC1)C1=CCC(C)CC1. The standard InChI is InChI=1S/C16H21N/c1-13-8-10-16(11-9-13)14(2)17-12-15-6-4-3-5-7-15/h3-4,6,10,12-13H,2,5,7-9,11H2,1H3. The second-order valence-corrected chi connectivity index (χ2v) is 5.02. The second kappa shape index (κ2) is 5.81. The molecule has 0 aliphatic heterocycles. The van der Waals surface area contributed by atoms with Crippen molar-refractivity contribution in [3.63, 3.8) is 0 Å². The Hall–Kier alpha value is -1.37. The van der Waals surface area contributed by atoms with Gasteiger partial charge in [-0.15, -0.1) is 0 Å². The lowest BCUT2D eigenvalue weighted by molar-refractivity contribution is 0.516. The van der Waals surface area contributed by atoms with Gasteiger partial charge in [0.2, 0.25) is 0 Å². The molecule has 2 aliphatic rings. The largest absolute Gasteiger partial charge is 0.257 e. The van der Waals surface area contributed by atoms with Crippen LogP contribution in [0.5, 0.6) is 0 Å². The van der Waals surface area contributed by atoms with Crippen molar-refractivity contribution in [1.29, 1.82) is 0 Å². The van der Waals surface area contributed by atoms with E-state index in [0.29, 0.717) is 0 Å². The molecule has 2 rings (SSSR count). The monoisotopic (exact) mass is 227 g/mol. The molecule has 1 nitrogen and oxygen atoms in total. The first kappa shape index (κ1) is 12.1. The first-order chi connectivity index (χ1) is 8.25. The van der Waals surface area contributed by atoms with Crippen LogP contribution in [0.1, 0.15) is 39.0 Å². The summed E-state index contributed by atoms with van der Waals surface area (Å²) >= 11 is 0. The molecule has 0 radical (unpaired) electrons. The van der Waals surface area contributed by atoms with E-state index < -0.39 is 0 Å². The van der Waals surface area contributed by atoms with Crippen molar-refractivity contribution in [2.24, 2.45) is 10.9 Å². The summed E-state index contributed by atoms with van der Waals surface area (Å²) in [5.74, 6) is 0.821. The summed E-state index contributed by atoms with van der Waals surface area (Å²) in [6.45, 7) is 6.38. The molecule has 1 atom stereocenters. The van der Waals surface area contributed by atoms with E-state index in [1.54, 1.807) is 0 Å². The van der Waals surface area contributed by atoms with Crippen molar-refractivity contribution in [3.05, 3.63) is 47.7 Å². The number of allylic oxidation sites excluding steroid dienone is 6. The lowest BCUT2D eigenvalue weighted by Crippen LogP contribution is -2.02. The first-order valence-corrected chi connectivity index (χ1v) is 6.54. The van der Waals surface area contributed by atoms with E-state index >= 15 is 0 Å². The highest BCUT2D eigenvalue weighted by atomic mass is 14.7. The van der Waals surface area contributed by atoms with E-state index in [2.05, 4.69) is 42.8 Å². The maximum Gasteiger partial charge on any atom is 0.0586 e. The first-order valence-electron chi connectivity index (χ1n) is 6.54. The predicted octanol–water partition coefficient (Wildman–Crippen LogP) is 4.59. The minimum atomic E-state index is 0.821. The highest BCUT2D eigenvalue weighted by molar-refractivity contribution is 5.80. The number of hydrogen-bond donors (Lipinski definition) is 0. The number of rotatable bonds is 3. The summed E-state index contributed by atoms with van der Waals surface area (Å²) < 4.78 is 0. The van der Waals surface area contributed by atoms with Gasteiger partial charge in [0.25, 0.3) is 0 Å². The van der Waals surface area contributed by atoms with Crippen molar-refractivity contribution in [1.82, 2.24) is 0 Å². The van der Waals surface area contributed by atoms with Crippen molar-refractivity contribution in [2.75, 3.05) is 0 Å². The summed E-state index contributed by atoms with van der Waals surface area (Å²) in [5, 5.41) is 0. The molecule has 0 bridgehead atoms. The Balaban J connectivity index is 1.95. The molecule has 0 aromatic heterocycles. The molecule has 0 N–H and O–H groups in total. The molecule has 0 heterocycles. The van der Waals surface area contributed by atoms with Crippen molar-refractivity contribution >= 4 is 6.21 Å². The summed E-state index contributed by atoms with van der Waals surface area (Å²) in [4.78, 5) is 4.51. The second-order valence-electron chi connectivity index (χ2n) is 5.02. The third-order valence-corrected chi connectivity index (χ3v) is 3.48. The molecule has 0 aromatic rings. The molecule has 2 aliphatic carbocycles. The van der Waals surface area contributed by atoms with E-state index in [9.17, 15) is 0 Å². The summed E-state index contributed by atoms with van der Waals surface area (Å²) in [6, 6.07) is 0. The fourth-order valence-corrected chi connectivity index (χ4v) is 2.20. The van der Waals surface area contributed by atoms with Crippen LogP contribution in [-0.2, 0) is 0 Å². The normalized spacial score (nSPS) is 24.6. The van der Waals surface area contributed by atoms with Crippen LogP contribution in [0.25, 0.3) is 0 Å². The van der Waals surface area contributed by atoms with Crippen molar-refractivity contribution < 1.29 is 0 Å². The van der Waals surface area contributed by atoms with Crippen LogP contribution in [0.3, 0.4) is 0 Å². The van der Waals surface area contributed by atoms with Crippen LogP contribution in [0.4, 0.5) is 0 Å². The smallest absolute Gasteiger partial charge is 0.0586 e. The summed E-state index contributed by atoms with van der Waals surface area (Å²) in [5.41, 5.74) is 3.59. The Morgan fingerprint density at radius 1 is 1.47 bits per heavy atom. The molecular formula is C16H21N. The minimum Gasteiger partial charge on any atom is -0.257 e. The zero-order valence-corrected chi connectivity index (χ0v) is 10.7. The Labute approximate surface area is 104 Å². The third-order valence-electron chi connectivity index (χ3n) is 3.48. The Kier molecular flexibility index (Phi) is 4.13. The third kappa shape index (κ3) is 3.55. The molecular weight excluding hydrogens is 206 g/mol. The van der Waals surface area contributed by atoms with E-state index in [4.69, 9.17) is 0 Å². The number of hydrogen-bond acceptors (Lipinski definition) is 1. The van der Waals surface area contributed by atoms with Crippen molar-refractivity contribution in [2.45, 2.75) is 39.0 Å². The number of aliphatic imine (C=N–C) groups is 1. The average Bonchev–Trinajstić information content (AvgIpc) is 2.38. The molecule has 1 unspecified atom stereocenters. The lowest BCUT2D eigenvalue weighted by Gasteiger charge is -2.17. The lowest BCUT2D eigenvalue weighted by atomic mass is 9.90. The van der Waals surface area contributed by atoms with Gasteiger partial charge in [0, 0.05) is 6.21 Å². The van der Waals surface area contributed by atoms with Gasteiger partial charge in [-0.1, -0.05) is 37.8 Å². The zero-order chi connectivity index (χ0) is 12.1. The highest BCUT2D eigenvalue weighted by Crippen LogP contribution is 2.27. The Morgan fingerprint density at radius 2 is 2.35 bits per heavy atom. The van der Waals surface area contributed by atoms with Gasteiger partial charge in [0.05, 0.1) is 5.70 Å². The van der Waals surface area contributed by atoms with Crippen LogP contribution >= 0.6 is 0 Å².